The van der Waals surface area contributed by atoms with E-state index in [1.54, 1.807) is 12.1 Å². The van der Waals surface area contributed by atoms with Crippen molar-refractivity contribution in [1.29, 1.82) is 0 Å². The molecule has 190 valence electrons. The van der Waals surface area contributed by atoms with E-state index >= 15 is 0 Å². The topological polar surface area (TPSA) is 84.9 Å². The van der Waals surface area contributed by atoms with Crippen LogP contribution in [0.25, 0.3) is 11.1 Å². The number of hydrogen-bond donors (Lipinski definition) is 1. The van der Waals surface area contributed by atoms with Gasteiger partial charge in [-0.25, -0.2) is 8.42 Å². The Morgan fingerprint density at radius 2 is 1.67 bits per heavy atom. The Balaban J connectivity index is 0.00000320. The van der Waals surface area contributed by atoms with E-state index in [0.29, 0.717) is 30.3 Å². The van der Waals surface area contributed by atoms with Crippen LogP contribution in [0.5, 0.6) is 11.5 Å². The third kappa shape index (κ3) is 4.24. The van der Waals surface area contributed by atoms with Crippen molar-refractivity contribution < 1.29 is 24.1 Å². The van der Waals surface area contributed by atoms with Gasteiger partial charge in [0.15, 0.2) is 11.5 Å². The van der Waals surface area contributed by atoms with Gasteiger partial charge in [-0.2, -0.15) is 4.31 Å². The highest BCUT2D eigenvalue weighted by atomic mass is 32.2. The second kappa shape index (κ2) is 9.26. The van der Waals surface area contributed by atoms with E-state index in [0.717, 1.165) is 35.1 Å². The molecule has 0 radical (unpaired) electrons. The first-order chi connectivity index (χ1) is 17.3. The lowest BCUT2D eigenvalue weighted by molar-refractivity contribution is -0.118. The van der Waals surface area contributed by atoms with Crippen molar-refractivity contribution in [2.75, 3.05) is 25.2 Å². The van der Waals surface area contributed by atoms with Crippen LogP contribution < -0.4 is 14.8 Å². The van der Waals surface area contributed by atoms with E-state index in [4.69, 9.17) is 9.47 Å². The Kier molecular flexibility index (Phi) is 6.26. The third-order valence-corrected chi connectivity index (χ3v) is 9.18. The first kappa shape index (κ1) is 24.3. The molecule has 1 saturated carbocycles. The molecule has 1 fully saturated rings. The summed E-state index contributed by atoms with van der Waals surface area (Å²) in [7, 11) is -3.51. The molecule has 1 N–H and O–H groups in total. The minimum absolute atomic E-state index is 0. The fourth-order valence-electron chi connectivity index (χ4n) is 4.75. The molecule has 5 rings (SSSR count). The molecule has 0 saturated heterocycles. The van der Waals surface area contributed by atoms with Crippen LogP contribution in [0.4, 0.5) is 5.69 Å². The molecule has 0 aromatic heterocycles. The highest BCUT2D eigenvalue weighted by molar-refractivity contribution is 7.89. The molecule has 0 unspecified atom stereocenters. The average molecular weight is 509 g/mol. The fourth-order valence-corrected chi connectivity index (χ4v) is 6.20. The molecule has 3 aromatic rings. The number of aryl methyl sites for hydroxylation is 1. The van der Waals surface area contributed by atoms with Crippen molar-refractivity contribution in [3.05, 3.63) is 71.8 Å². The molecule has 1 aliphatic carbocycles. The number of rotatable bonds is 8. The summed E-state index contributed by atoms with van der Waals surface area (Å²) in [5.74, 6) is 1.33. The smallest absolute Gasteiger partial charge is 0.243 e. The summed E-state index contributed by atoms with van der Waals surface area (Å²) in [6.45, 7) is 6.71. The van der Waals surface area contributed by atoms with Crippen molar-refractivity contribution in [2.24, 2.45) is 0 Å². The normalized spacial score (nSPS) is 15.7. The Morgan fingerprint density at radius 3 is 2.33 bits per heavy atom. The van der Waals surface area contributed by atoms with Crippen molar-refractivity contribution in [2.45, 2.75) is 43.9 Å². The van der Waals surface area contributed by atoms with Gasteiger partial charge >= 0.3 is 0 Å². The Hall–Kier alpha value is -3.36. The van der Waals surface area contributed by atoms with Crippen molar-refractivity contribution in [3.63, 3.8) is 0 Å². The van der Waals surface area contributed by atoms with E-state index in [1.807, 2.05) is 69.3 Å². The van der Waals surface area contributed by atoms with Gasteiger partial charge in [-0.05, 0) is 78.4 Å². The molecule has 0 spiro atoms. The van der Waals surface area contributed by atoms with Crippen LogP contribution in [0.15, 0.2) is 65.6 Å². The molecule has 3 aromatic carbocycles. The van der Waals surface area contributed by atoms with E-state index in [1.165, 1.54) is 4.31 Å². The van der Waals surface area contributed by atoms with E-state index in [9.17, 15) is 13.2 Å². The van der Waals surface area contributed by atoms with Crippen LogP contribution in [-0.2, 0) is 20.2 Å². The number of carbonyl (C=O) groups is 1. The molecular formula is C28H32N2O5S. The second-order valence-electron chi connectivity index (χ2n) is 9.25. The quantitative estimate of drug-likeness (QED) is 0.444. The van der Waals surface area contributed by atoms with Crippen LogP contribution in [0.1, 0.15) is 39.2 Å². The third-order valence-electron chi connectivity index (χ3n) is 7.11. The van der Waals surface area contributed by atoms with Gasteiger partial charge in [0, 0.05) is 20.2 Å². The summed E-state index contributed by atoms with van der Waals surface area (Å²) in [6.07, 6.45) is 1.55. The van der Waals surface area contributed by atoms with E-state index in [2.05, 4.69) is 5.32 Å². The summed E-state index contributed by atoms with van der Waals surface area (Å²) in [6, 6.07) is 18.4. The van der Waals surface area contributed by atoms with Crippen LogP contribution in [0, 0.1) is 6.92 Å². The van der Waals surface area contributed by atoms with Gasteiger partial charge in [-0.1, -0.05) is 38.1 Å². The summed E-state index contributed by atoms with van der Waals surface area (Å²) < 4.78 is 38.0. The Bertz CT molecular complexity index is 1410. The van der Waals surface area contributed by atoms with Crippen molar-refractivity contribution in [3.8, 4) is 22.6 Å². The number of nitrogens with one attached hydrogen (secondary N) is 1. The average Bonchev–Trinajstić information content (AvgIpc) is 3.56. The summed E-state index contributed by atoms with van der Waals surface area (Å²) in [5, 5.41) is 3.10. The van der Waals surface area contributed by atoms with Gasteiger partial charge in [0.1, 0.15) is 0 Å². The lowest BCUT2D eigenvalue weighted by atomic mass is 9.94. The minimum Gasteiger partial charge on any atom is -0.454 e. The number of amides is 1. The van der Waals surface area contributed by atoms with Gasteiger partial charge in [-0.3, -0.25) is 4.79 Å². The zero-order valence-corrected chi connectivity index (χ0v) is 21.5. The largest absolute Gasteiger partial charge is 0.454 e. The van der Waals surface area contributed by atoms with Gasteiger partial charge in [-0.15, -0.1) is 0 Å². The molecular weight excluding hydrogens is 476 g/mol. The number of fused-ring (bicyclic) bond motifs is 1. The van der Waals surface area contributed by atoms with Crippen molar-refractivity contribution in [1.82, 2.24) is 4.31 Å². The number of sulfonamides is 1. The molecule has 8 heteroatoms. The number of nitrogens with zero attached hydrogens (tertiary/aromatic N) is 1. The van der Waals surface area contributed by atoms with Crippen LogP contribution in [0.3, 0.4) is 0 Å². The highest BCUT2D eigenvalue weighted by Gasteiger charge is 2.51. The van der Waals surface area contributed by atoms with E-state index in [-0.39, 0.29) is 19.0 Å². The molecule has 1 heterocycles. The zero-order valence-electron chi connectivity index (χ0n) is 20.7. The standard InChI is InChI=1S/C28H30N2O5S.H2/c1-4-30(5-2)36(32,33)23-11-7-20(8-12-23)24-17-22(10-6-19(24)3)29-27(31)28(14-15-28)21-9-13-25-26(16-21)35-18-34-25;/h6-13,16-17H,4-5,14-15,18H2,1-3H3,(H,29,31);1H. The molecule has 0 bridgehead atoms. The number of ether oxygens (including phenoxy) is 2. The Morgan fingerprint density at radius 1 is 0.972 bits per heavy atom. The number of carbonyl (C=O) groups excluding carboxylic acids is 1. The summed E-state index contributed by atoms with van der Waals surface area (Å²) in [5.41, 5.74) is 3.93. The predicted octanol–water partition coefficient (Wildman–Crippen LogP) is 5.34. The lowest BCUT2D eigenvalue weighted by Crippen LogP contribution is -2.30. The SMILES string of the molecule is CCN(CC)S(=O)(=O)c1ccc(-c2cc(NC(=O)C3(c4ccc5c(c4)OCO5)CC3)ccc2C)cc1.[HH]. The first-order valence-corrected chi connectivity index (χ1v) is 13.7. The van der Waals surface area contributed by atoms with Gasteiger partial charge in [0.05, 0.1) is 10.3 Å². The van der Waals surface area contributed by atoms with Gasteiger partial charge in [0.2, 0.25) is 22.7 Å². The highest BCUT2D eigenvalue weighted by Crippen LogP contribution is 2.51. The molecule has 1 amide bonds. The van der Waals surface area contributed by atoms with Crippen molar-refractivity contribution >= 4 is 21.6 Å². The molecule has 36 heavy (non-hydrogen) atoms. The summed E-state index contributed by atoms with van der Waals surface area (Å²) in [4.78, 5) is 13.6. The molecule has 2 aliphatic rings. The molecule has 0 atom stereocenters. The lowest BCUT2D eigenvalue weighted by Gasteiger charge is -2.19. The number of benzene rings is 3. The van der Waals surface area contributed by atoms with Gasteiger partial charge in [0.25, 0.3) is 0 Å². The molecule has 1 aliphatic heterocycles. The first-order valence-electron chi connectivity index (χ1n) is 12.2. The second-order valence-corrected chi connectivity index (χ2v) is 11.2. The maximum Gasteiger partial charge on any atom is 0.243 e. The fraction of sp³-hybridized carbons (Fsp3) is 0.321. The number of anilines is 1. The summed E-state index contributed by atoms with van der Waals surface area (Å²) >= 11 is 0. The Labute approximate surface area is 213 Å². The number of hydrogen-bond acceptors (Lipinski definition) is 5. The van der Waals surface area contributed by atoms with Crippen LogP contribution >= 0.6 is 0 Å². The van der Waals surface area contributed by atoms with E-state index < -0.39 is 15.4 Å². The minimum atomic E-state index is -3.51. The maximum atomic E-state index is 13.4. The molecule has 7 nitrogen and oxygen atoms in total. The van der Waals surface area contributed by atoms with Crippen LogP contribution in [0.2, 0.25) is 0 Å². The zero-order chi connectivity index (χ0) is 25.5. The maximum absolute atomic E-state index is 13.4. The predicted molar refractivity (Wildman–Crippen MR) is 141 cm³/mol. The van der Waals surface area contributed by atoms with Gasteiger partial charge < -0.3 is 14.8 Å². The van der Waals surface area contributed by atoms with Crippen LogP contribution in [-0.4, -0.2) is 38.5 Å². The monoisotopic (exact) mass is 508 g/mol.